The molecule has 2 aromatic carbocycles. The first-order valence-electron chi connectivity index (χ1n) is 8.58. The molecular formula is C21H24FN3O. The molecular weight excluding hydrogens is 329 g/mol. The number of hydrogen-bond donors (Lipinski definition) is 0. The zero-order chi connectivity index (χ0) is 19.1. The van der Waals surface area contributed by atoms with Crippen LogP contribution < -0.4 is 4.90 Å². The molecule has 2 aromatic rings. The highest BCUT2D eigenvalue weighted by molar-refractivity contribution is 5.95. The minimum absolute atomic E-state index is 0.107. The van der Waals surface area contributed by atoms with Gasteiger partial charge in [-0.05, 0) is 50.2 Å². The Balaban J connectivity index is 2.13. The van der Waals surface area contributed by atoms with E-state index in [9.17, 15) is 9.18 Å². The molecule has 5 heteroatoms. The average molecular weight is 353 g/mol. The van der Waals surface area contributed by atoms with E-state index in [4.69, 9.17) is 5.26 Å². The van der Waals surface area contributed by atoms with Gasteiger partial charge in [-0.1, -0.05) is 24.3 Å². The number of rotatable bonds is 7. The lowest BCUT2D eigenvalue weighted by atomic mass is 10.1. The summed E-state index contributed by atoms with van der Waals surface area (Å²) in [5.41, 5.74) is 3.48. The van der Waals surface area contributed by atoms with E-state index in [1.165, 1.54) is 6.07 Å². The fourth-order valence-electron chi connectivity index (χ4n) is 2.96. The number of benzene rings is 2. The summed E-state index contributed by atoms with van der Waals surface area (Å²) < 4.78 is 13.8. The average Bonchev–Trinajstić information content (AvgIpc) is 2.56. The summed E-state index contributed by atoms with van der Waals surface area (Å²) in [7, 11) is 1.79. The zero-order valence-corrected chi connectivity index (χ0v) is 15.5. The molecule has 0 aromatic heterocycles. The number of carbonyl (C=O) groups is 1. The van der Waals surface area contributed by atoms with Gasteiger partial charge in [0.2, 0.25) is 5.91 Å². The van der Waals surface area contributed by atoms with Crippen LogP contribution in [0.3, 0.4) is 0 Å². The van der Waals surface area contributed by atoms with E-state index >= 15 is 0 Å². The molecule has 0 aliphatic heterocycles. The Labute approximate surface area is 154 Å². The smallest absolute Gasteiger partial charge is 0.241 e. The highest BCUT2D eigenvalue weighted by Gasteiger charge is 2.18. The molecule has 0 spiro atoms. The Morgan fingerprint density at radius 3 is 2.42 bits per heavy atom. The van der Waals surface area contributed by atoms with Gasteiger partial charge in [0.05, 0.1) is 19.0 Å². The van der Waals surface area contributed by atoms with Crippen LogP contribution in [0.15, 0.2) is 42.5 Å². The predicted octanol–water partition coefficient (Wildman–Crippen LogP) is 3.82. The minimum Gasteiger partial charge on any atom is -0.310 e. The summed E-state index contributed by atoms with van der Waals surface area (Å²) in [5, 5.41) is 8.92. The molecule has 136 valence electrons. The molecule has 0 N–H and O–H groups in total. The quantitative estimate of drug-likeness (QED) is 0.760. The molecule has 1 amide bonds. The Morgan fingerprint density at radius 1 is 1.15 bits per heavy atom. The van der Waals surface area contributed by atoms with E-state index in [0.29, 0.717) is 18.7 Å². The number of carbonyl (C=O) groups excluding carboxylic acids is 1. The van der Waals surface area contributed by atoms with Crippen molar-refractivity contribution in [1.29, 1.82) is 5.26 Å². The number of anilines is 1. The predicted molar refractivity (Wildman–Crippen MR) is 101 cm³/mol. The van der Waals surface area contributed by atoms with Crippen molar-refractivity contribution >= 4 is 11.6 Å². The first-order chi connectivity index (χ1) is 12.4. The topological polar surface area (TPSA) is 47.3 Å². The number of hydrogen-bond acceptors (Lipinski definition) is 3. The van der Waals surface area contributed by atoms with Crippen molar-refractivity contribution in [3.05, 3.63) is 65.0 Å². The van der Waals surface area contributed by atoms with Crippen molar-refractivity contribution in [2.24, 2.45) is 0 Å². The van der Waals surface area contributed by atoms with Gasteiger partial charge in [0.15, 0.2) is 0 Å². The number of halogens is 1. The third kappa shape index (κ3) is 5.40. The van der Waals surface area contributed by atoms with Crippen molar-refractivity contribution in [2.75, 3.05) is 25.0 Å². The van der Waals surface area contributed by atoms with Crippen molar-refractivity contribution in [3.8, 4) is 6.07 Å². The summed E-state index contributed by atoms with van der Waals surface area (Å²) >= 11 is 0. The molecule has 0 fully saturated rings. The van der Waals surface area contributed by atoms with Crippen LogP contribution in [-0.4, -0.2) is 30.9 Å². The normalized spacial score (nSPS) is 10.6. The maximum absolute atomic E-state index is 13.8. The van der Waals surface area contributed by atoms with Crippen molar-refractivity contribution in [1.82, 2.24) is 4.90 Å². The summed E-state index contributed by atoms with van der Waals surface area (Å²) in [4.78, 5) is 16.3. The fourth-order valence-corrected chi connectivity index (χ4v) is 2.96. The summed E-state index contributed by atoms with van der Waals surface area (Å²) in [6, 6.07) is 14.6. The Bertz CT molecular complexity index is 793. The lowest BCUT2D eigenvalue weighted by molar-refractivity contribution is -0.119. The number of nitriles is 1. The van der Waals surface area contributed by atoms with Crippen LogP contribution in [0, 0.1) is 31.0 Å². The number of aryl methyl sites for hydroxylation is 2. The van der Waals surface area contributed by atoms with Gasteiger partial charge in [0.25, 0.3) is 0 Å². The SMILES string of the molecule is Cc1cc(C)cc(N(CCC#N)C(=O)CN(C)Cc2ccccc2F)c1. The molecule has 0 unspecified atom stereocenters. The largest absolute Gasteiger partial charge is 0.310 e. The lowest BCUT2D eigenvalue weighted by Crippen LogP contribution is -2.39. The number of amides is 1. The van der Waals surface area contributed by atoms with Gasteiger partial charge in [-0.25, -0.2) is 4.39 Å². The second-order valence-corrected chi connectivity index (χ2v) is 6.56. The van der Waals surface area contributed by atoms with E-state index in [1.807, 2.05) is 32.0 Å². The summed E-state index contributed by atoms with van der Waals surface area (Å²) in [6.45, 7) is 4.79. The van der Waals surface area contributed by atoms with Crippen LogP contribution in [0.25, 0.3) is 0 Å². The standard InChI is InChI=1S/C21H24FN3O/c1-16-11-17(2)13-19(12-16)25(10-6-9-23)21(26)15-24(3)14-18-7-4-5-8-20(18)22/h4-5,7-8,11-13H,6,10,14-15H2,1-3H3. The molecule has 0 aliphatic carbocycles. The maximum Gasteiger partial charge on any atom is 0.241 e. The van der Waals surface area contributed by atoms with E-state index in [-0.39, 0.29) is 24.7 Å². The van der Waals surface area contributed by atoms with E-state index < -0.39 is 0 Å². The Morgan fingerprint density at radius 2 is 1.81 bits per heavy atom. The third-order valence-electron chi connectivity index (χ3n) is 4.07. The summed E-state index contributed by atoms with van der Waals surface area (Å²) in [5.74, 6) is -0.383. The summed E-state index contributed by atoms with van der Waals surface area (Å²) in [6.07, 6.45) is 0.260. The van der Waals surface area contributed by atoms with Crippen LogP contribution in [0.4, 0.5) is 10.1 Å². The van der Waals surface area contributed by atoms with Crippen LogP contribution >= 0.6 is 0 Å². The number of likely N-dealkylation sites (N-methyl/N-ethyl adjacent to an activating group) is 1. The Hall–Kier alpha value is -2.71. The van der Waals surface area contributed by atoms with Crippen molar-refractivity contribution < 1.29 is 9.18 Å². The van der Waals surface area contributed by atoms with Crippen molar-refractivity contribution in [3.63, 3.8) is 0 Å². The molecule has 0 radical (unpaired) electrons. The minimum atomic E-state index is -0.276. The number of nitrogens with zero attached hydrogens (tertiary/aromatic N) is 3. The van der Waals surface area contributed by atoms with Gasteiger partial charge in [-0.15, -0.1) is 0 Å². The highest BCUT2D eigenvalue weighted by Crippen LogP contribution is 2.20. The first-order valence-corrected chi connectivity index (χ1v) is 8.58. The van der Waals surface area contributed by atoms with Gasteiger partial charge in [0.1, 0.15) is 5.82 Å². The van der Waals surface area contributed by atoms with E-state index in [2.05, 4.69) is 6.07 Å². The van der Waals surface area contributed by atoms with Gasteiger partial charge < -0.3 is 4.90 Å². The van der Waals surface area contributed by atoms with Crippen LogP contribution in [0.2, 0.25) is 0 Å². The molecule has 26 heavy (non-hydrogen) atoms. The maximum atomic E-state index is 13.8. The highest BCUT2D eigenvalue weighted by atomic mass is 19.1. The molecule has 0 atom stereocenters. The van der Waals surface area contributed by atoms with Crippen LogP contribution in [0.1, 0.15) is 23.1 Å². The molecule has 0 aliphatic rings. The van der Waals surface area contributed by atoms with Gasteiger partial charge >= 0.3 is 0 Å². The molecule has 0 heterocycles. The molecule has 0 saturated carbocycles. The first kappa shape index (κ1) is 19.6. The fraction of sp³-hybridized carbons (Fsp3) is 0.333. The Kier molecular flexibility index (Phi) is 6.88. The second kappa shape index (κ2) is 9.12. The van der Waals surface area contributed by atoms with Crippen LogP contribution in [0.5, 0.6) is 0 Å². The lowest BCUT2D eigenvalue weighted by Gasteiger charge is -2.26. The van der Waals surface area contributed by atoms with Crippen LogP contribution in [-0.2, 0) is 11.3 Å². The molecule has 0 saturated heterocycles. The molecule has 0 bridgehead atoms. The van der Waals surface area contributed by atoms with Gasteiger partial charge in [-0.3, -0.25) is 9.69 Å². The van der Waals surface area contributed by atoms with E-state index in [0.717, 1.165) is 16.8 Å². The van der Waals surface area contributed by atoms with Gasteiger partial charge in [0, 0.05) is 24.3 Å². The zero-order valence-electron chi connectivity index (χ0n) is 15.5. The van der Waals surface area contributed by atoms with Crippen molar-refractivity contribution in [2.45, 2.75) is 26.8 Å². The van der Waals surface area contributed by atoms with E-state index in [1.54, 1.807) is 35.0 Å². The third-order valence-corrected chi connectivity index (χ3v) is 4.07. The van der Waals surface area contributed by atoms with Gasteiger partial charge in [-0.2, -0.15) is 5.26 Å². The second-order valence-electron chi connectivity index (χ2n) is 6.56. The molecule has 4 nitrogen and oxygen atoms in total. The molecule has 2 rings (SSSR count). The monoisotopic (exact) mass is 353 g/mol.